The van der Waals surface area contributed by atoms with Gasteiger partial charge in [0.2, 0.25) is 5.91 Å². The summed E-state index contributed by atoms with van der Waals surface area (Å²) in [4.78, 5) is 22.3. The molecular formula is C28H33N3O2. The van der Waals surface area contributed by atoms with Crippen molar-refractivity contribution in [2.75, 3.05) is 33.3 Å². The Morgan fingerprint density at radius 2 is 1.73 bits per heavy atom. The van der Waals surface area contributed by atoms with Crippen LogP contribution in [-0.4, -0.2) is 54.0 Å². The molecule has 0 bridgehead atoms. The first-order chi connectivity index (χ1) is 16.2. The largest absolute Gasteiger partial charge is 0.497 e. The number of benzene rings is 2. The zero-order chi connectivity index (χ0) is 22.9. The monoisotopic (exact) mass is 443 g/mol. The molecule has 1 fully saturated rings. The highest BCUT2D eigenvalue weighted by molar-refractivity contribution is 5.76. The van der Waals surface area contributed by atoms with Crippen molar-refractivity contribution in [3.8, 4) is 5.75 Å². The summed E-state index contributed by atoms with van der Waals surface area (Å²) < 4.78 is 5.23. The molecule has 2 aromatic carbocycles. The van der Waals surface area contributed by atoms with Crippen LogP contribution in [0.3, 0.4) is 0 Å². The van der Waals surface area contributed by atoms with Crippen LogP contribution in [0.4, 0.5) is 0 Å². The summed E-state index contributed by atoms with van der Waals surface area (Å²) in [6, 6.07) is 24.7. The minimum absolute atomic E-state index is 0.235. The highest BCUT2D eigenvalue weighted by Gasteiger charge is 2.26. The first-order valence-corrected chi connectivity index (χ1v) is 11.8. The molecule has 0 saturated carbocycles. The molecule has 0 N–H and O–H groups in total. The maximum Gasteiger partial charge on any atom is 0.222 e. The van der Waals surface area contributed by atoms with Crippen molar-refractivity contribution in [1.82, 2.24) is 14.8 Å². The van der Waals surface area contributed by atoms with Gasteiger partial charge in [0, 0.05) is 51.0 Å². The SMILES string of the molecule is COc1ccc(CCC(=O)N2CCN(Cc3ccccc3)C[C@H](Cc3ccccn3)C2)cc1. The van der Waals surface area contributed by atoms with Crippen LogP contribution in [0.15, 0.2) is 79.0 Å². The van der Waals surface area contributed by atoms with Crippen molar-refractivity contribution in [2.24, 2.45) is 5.92 Å². The minimum atomic E-state index is 0.235. The molecule has 1 atom stereocenters. The quantitative estimate of drug-likeness (QED) is 0.523. The van der Waals surface area contributed by atoms with Crippen LogP contribution in [0, 0.1) is 5.92 Å². The lowest BCUT2D eigenvalue weighted by atomic mass is 10.0. The average molecular weight is 444 g/mol. The second kappa shape index (κ2) is 11.6. The van der Waals surface area contributed by atoms with E-state index in [1.54, 1.807) is 7.11 Å². The number of hydrogen-bond acceptors (Lipinski definition) is 4. The third-order valence-corrected chi connectivity index (χ3v) is 6.29. The molecular weight excluding hydrogens is 410 g/mol. The summed E-state index contributed by atoms with van der Waals surface area (Å²) in [5.41, 5.74) is 3.57. The first-order valence-electron chi connectivity index (χ1n) is 11.8. The summed E-state index contributed by atoms with van der Waals surface area (Å²) in [5, 5.41) is 0. The Balaban J connectivity index is 1.41. The molecule has 1 aromatic heterocycles. The Bertz CT molecular complexity index is 993. The van der Waals surface area contributed by atoms with Gasteiger partial charge in [0.1, 0.15) is 5.75 Å². The van der Waals surface area contributed by atoms with Gasteiger partial charge >= 0.3 is 0 Å². The fourth-order valence-corrected chi connectivity index (χ4v) is 4.54. The molecule has 5 nitrogen and oxygen atoms in total. The Morgan fingerprint density at radius 1 is 0.939 bits per heavy atom. The molecule has 1 amide bonds. The summed E-state index contributed by atoms with van der Waals surface area (Å²) in [6.45, 7) is 4.32. The molecule has 5 heteroatoms. The second-order valence-corrected chi connectivity index (χ2v) is 8.80. The predicted molar refractivity (Wildman–Crippen MR) is 131 cm³/mol. The van der Waals surface area contributed by atoms with Crippen LogP contribution >= 0.6 is 0 Å². The normalized spacial score (nSPS) is 16.9. The van der Waals surface area contributed by atoms with Crippen LogP contribution in [0.25, 0.3) is 0 Å². The van der Waals surface area contributed by atoms with Gasteiger partial charge in [-0.25, -0.2) is 0 Å². The van der Waals surface area contributed by atoms with Gasteiger partial charge in [0.25, 0.3) is 0 Å². The predicted octanol–water partition coefficient (Wildman–Crippen LogP) is 4.23. The summed E-state index contributed by atoms with van der Waals surface area (Å²) in [6.07, 6.45) is 4.01. The molecule has 1 saturated heterocycles. The fourth-order valence-electron chi connectivity index (χ4n) is 4.54. The van der Waals surface area contributed by atoms with Crippen LogP contribution in [0.1, 0.15) is 23.2 Å². The van der Waals surface area contributed by atoms with Crippen molar-refractivity contribution < 1.29 is 9.53 Å². The van der Waals surface area contributed by atoms with E-state index in [2.05, 4.69) is 51.2 Å². The fraction of sp³-hybridized carbons (Fsp3) is 0.357. The Hall–Kier alpha value is -3.18. The number of aryl methyl sites for hydroxylation is 1. The van der Waals surface area contributed by atoms with Gasteiger partial charge in [-0.1, -0.05) is 48.5 Å². The number of nitrogens with zero attached hydrogens (tertiary/aromatic N) is 3. The molecule has 0 unspecified atom stereocenters. The summed E-state index contributed by atoms with van der Waals surface area (Å²) in [5.74, 6) is 1.43. The molecule has 33 heavy (non-hydrogen) atoms. The van der Waals surface area contributed by atoms with Crippen molar-refractivity contribution >= 4 is 5.91 Å². The van der Waals surface area contributed by atoms with Gasteiger partial charge in [0.05, 0.1) is 7.11 Å². The topological polar surface area (TPSA) is 45.7 Å². The second-order valence-electron chi connectivity index (χ2n) is 8.80. The Morgan fingerprint density at radius 3 is 2.45 bits per heavy atom. The number of carbonyl (C=O) groups is 1. The van der Waals surface area contributed by atoms with Gasteiger partial charge in [-0.2, -0.15) is 0 Å². The van der Waals surface area contributed by atoms with E-state index in [1.807, 2.05) is 42.6 Å². The Kier molecular flexibility index (Phi) is 8.09. The lowest BCUT2D eigenvalue weighted by Gasteiger charge is -2.24. The third kappa shape index (κ3) is 6.90. The molecule has 0 radical (unpaired) electrons. The molecule has 1 aliphatic heterocycles. The van der Waals surface area contributed by atoms with Crippen LogP contribution in [-0.2, 0) is 24.2 Å². The van der Waals surface area contributed by atoms with Crippen molar-refractivity contribution in [1.29, 1.82) is 0 Å². The third-order valence-electron chi connectivity index (χ3n) is 6.29. The van der Waals surface area contributed by atoms with Gasteiger partial charge < -0.3 is 9.64 Å². The van der Waals surface area contributed by atoms with E-state index in [4.69, 9.17) is 4.74 Å². The van der Waals surface area contributed by atoms with Crippen molar-refractivity contribution in [2.45, 2.75) is 25.8 Å². The molecule has 0 spiro atoms. The average Bonchev–Trinajstić information content (AvgIpc) is 3.06. The van der Waals surface area contributed by atoms with Crippen molar-refractivity contribution in [3.63, 3.8) is 0 Å². The highest BCUT2D eigenvalue weighted by atomic mass is 16.5. The zero-order valence-electron chi connectivity index (χ0n) is 19.4. The van der Waals surface area contributed by atoms with E-state index in [-0.39, 0.29) is 5.91 Å². The maximum absolute atomic E-state index is 13.2. The van der Waals surface area contributed by atoms with E-state index in [9.17, 15) is 4.79 Å². The van der Waals surface area contributed by atoms with E-state index in [1.165, 1.54) is 5.56 Å². The number of amides is 1. The molecule has 3 aromatic rings. The van der Waals surface area contributed by atoms with Gasteiger partial charge in [0.15, 0.2) is 0 Å². The lowest BCUT2D eigenvalue weighted by molar-refractivity contribution is -0.131. The van der Waals surface area contributed by atoms with E-state index in [0.29, 0.717) is 12.3 Å². The van der Waals surface area contributed by atoms with Gasteiger partial charge in [-0.05, 0) is 54.2 Å². The van der Waals surface area contributed by atoms with E-state index in [0.717, 1.165) is 62.6 Å². The smallest absolute Gasteiger partial charge is 0.222 e. The first kappa shape index (κ1) is 23.0. The molecule has 172 valence electrons. The Labute approximate surface area is 197 Å². The summed E-state index contributed by atoms with van der Waals surface area (Å²) in [7, 11) is 1.67. The number of rotatable bonds is 8. The molecule has 0 aliphatic carbocycles. The lowest BCUT2D eigenvalue weighted by Crippen LogP contribution is -2.36. The molecule has 4 rings (SSSR count). The maximum atomic E-state index is 13.2. The molecule has 2 heterocycles. The number of pyridine rings is 1. The zero-order valence-corrected chi connectivity index (χ0v) is 19.4. The van der Waals surface area contributed by atoms with Crippen LogP contribution in [0.5, 0.6) is 5.75 Å². The highest BCUT2D eigenvalue weighted by Crippen LogP contribution is 2.19. The van der Waals surface area contributed by atoms with Gasteiger partial charge in [-0.3, -0.25) is 14.7 Å². The number of ether oxygens (including phenoxy) is 1. The van der Waals surface area contributed by atoms with Gasteiger partial charge in [-0.15, -0.1) is 0 Å². The van der Waals surface area contributed by atoms with E-state index >= 15 is 0 Å². The summed E-state index contributed by atoms with van der Waals surface area (Å²) >= 11 is 0. The van der Waals surface area contributed by atoms with Crippen LogP contribution in [0.2, 0.25) is 0 Å². The van der Waals surface area contributed by atoms with Crippen molar-refractivity contribution in [3.05, 3.63) is 95.8 Å². The minimum Gasteiger partial charge on any atom is -0.497 e. The molecule has 1 aliphatic rings. The number of methoxy groups -OCH3 is 1. The number of carbonyl (C=O) groups excluding carboxylic acids is 1. The number of hydrogen-bond donors (Lipinski definition) is 0. The van der Waals surface area contributed by atoms with Crippen LogP contribution < -0.4 is 4.74 Å². The van der Waals surface area contributed by atoms with E-state index < -0.39 is 0 Å². The standard InChI is InChI=1S/C28H33N3O2/c1-33-27-13-10-23(11-14-27)12-15-28(32)31-18-17-30(20-24-7-3-2-4-8-24)21-25(22-31)19-26-9-5-6-16-29-26/h2-11,13-14,16,25H,12,15,17-22H2,1H3/t25-/m0/s1. The number of aromatic nitrogens is 1.